The molecular formula is C8H16N2O3. The molecule has 0 aromatic heterocycles. The number of aliphatic hydroxyl groups is 1. The maximum atomic E-state index is 11.6. The zero-order valence-electron chi connectivity index (χ0n) is 8.06. The number of ether oxygens (including phenoxy) is 1. The van der Waals surface area contributed by atoms with Gasteiger partial charge in [0, 0.05) is 20.6 Å². The summed E-state index contributed by atoms with van der Waals surface area (Å²) in [6, 6.07) is -0.258. The predicted molar refractivity (Wildman–Crippen MR) is 47.5 cm³/mol. The molecule has 2 amide bonds. The van der Waals surface area contributed by atoms with E-state index in [1.54, 1.807) is 19.0 Å². The van der Waals surface area contributed by atoms with Crippen LogP contribution in [0.3, 0.4) is 0 Å². The number of morpholine rings is 1. The lowest BCUT2D eigenvalue weighted by molar-refractivity contribution is -0.0125. The van der Waals surface area contributed by atoms with Gasteiger partial charge in [-0.25, -0.2) is 4.79 Å². The zero-order valence-corrected chi connectivity index (χ0v) is 8.06. The first-order valence-corrected chi connectivity index (χ1v) is 4.33. The highest BCUT2D eigenvalue weighted by Gasteiger charge is 2.27. The van der Waals surface area contributed by atoms with Gasteiger partial charge in [-0.2, -0.15) is 0 Å². The second-order valence-corrected chi connectivity index (χ2v) is 3.28. The van der Waals surface area contributed by atoms with Crippen LogP contribution in [-0.4, -0.2) is 67.4 Å². The van der Waals surface area contributed by atoms with Gasteiger partial charge in [-0.1, -0.05) is 0 Å². The minimum Gasteiger partial charge on any atom is -0.394 e. The zero-order chi connectivity index (χ0) is 9.84. The number of urea groups is 1. The molecule has 5 nitrogen and oxygen atoms in total. The fraction of sp³-hybridized carbons (Fsp3) is 0.875. The molecule has 1 aliphatic rings. The molecule has 0 radical (unpaired) electrons. The second kappa shape index (κ2) is 4.43. The van der Waals surface area contributed by atoms with Crippen molar-refractivity contribution in [1.29, 1.82) is 0 Å². The molecule has 0 aromatic carbocycles. The third-order valence-electron chi connectivity index (χ3n) is 2.07. The summed E-state index contributed by atoms with van der Waals surface area (Å²) in [5.74, 6) is 0. The molecule has 0 aliphatic carbocycles. The van der Waals surface area contributed by atoms with Gasteiger partial charge in [0.15, 0.2) is 0 Å². The van der Waals surface area contributed by atoms with Crippen LogP contribution in [0.5, 0.6) is 0 Å². The van der Waals surface area contributed by atoms with Crippen molar-refractivity contribution in [2.75, 3.05) is 40.5 Å². The Balaban J connectivity index is 2.58. The van der Waals surface area contributed by atoms with Crippen LogP contribution in [0.25, 0.3) is 0 Å². The largest absolute Gasteiger partial charge is 0.394 e. The van der Waals surface area contributed by atoms with Crippen molar-refractivity contribution >= 4 is 6.03 Å². The molecular weight excluding hydrogens is 172 g/mol. The topological polar surface area (TPSA) is 53.0 Å². The molecule has 1 heterocycles. The van der Waals surface area contributed by atoms with Crippen LogP contribution < -0.4 is 0 Å². The molecule has 1 atom stereocenters. The maximum absolute atomic E-state index is 11.6. The molecule has 1 unspecified atom stereocenters. The highest BCUT2D eigenvalue weighted by molar-refractivity contribution is 5.74. The van der Waals surface area contributed by atoms with Crippen molar-refractivity contribution in [2.24, 2.45) is 0 Å². The predicted octanol–water partition coefficient (Wildman–Crippen LogP) is -0.639. The molecule has 76 valence electrons. The van der Waals surface area contributed by atoms with E-state index < -0.39 is 0 Å². The van der Waals surface area contributed by atoms with E-state index in [1.165, 1.54) is 4.90 Å². The van der Waals surface area contributed by atoms with E-state index in [2.05, 4.69) is 0 Å². The molecule has 0 bridgehead atoms. The Labute approximate surface area is 77.9 Å². The van der Waals surface area contributed by atoms with Gasteiger partial charge in [0.05, 0.1) is 25.9 Å². The van der Waals surface area contributed by atoms with E-state index in [9.17, 15) is 4.79 Å². The van der Waals surface area contributed by atoms with Crippen LogP contribution in [0.1, 0.15) is 0 Å². The average Bonchev–Trinajstić information content (AvgIpc) is 2.16. The van der Waals surface area contributed by atoms with Crippen LogP contribution in [0.15, 0.2) is 0 Å². The molecule has 13 heavy (non-hydrogen) atoms. The Morgan fingerprint density at radius 2 is 2.38 bits per heavy atom. The van der Waals surface area contributed by atoms with Gasteiger partial charge in [-0.3, -0.25) is 0 Å². The number of nitrogens with zero attached hydrogens (tertiary/aromatic N) is 2. The van der Waals surface area contributed by atoms with E-state index >= 15 is 0 Å². The number of hydrogen-bond acceptors (Lipinski definition) is 3. The van der Waals surface area contributed by atoms with Gasteiger partial charge in [0.25, 0.3) is 0 Å². The Morgan fingerprint density at radius 1 is 1.69 bits per heavy atom. The summed E-state index contributed by atoms with van der Waals surface area (Å²) in [5, 5.41) is 9.00. The summed E-state index contributed by atoms with van der Waals surface area (Å²) in [6.07, 6.45) is 0. The minimum absolute atomic E-state index is 0.0421. The molecule has 0 aromatic rings. The van der Waals surface area contributed by atoms with Crippen molar-refractivity contribution in [3.05, 3.63) is 0 Å². The summed E-state index contributed by atoms with van der Waals surface area (Å²) >= 11 is 0. The van der Waals surface area contributed by atoms with Crippen LogP contribution >= 0.6 is 0 Å². The Hall–Kier alpha value is -0.810. The summed E-state index contributed by atoms with van der Waals surface area (Å²) < 4.78 is 5.16. The third-order valence-corrected chi connectivity index (χ3v) is 2.07. The van der Waals surface area contributed by atoms with E-state index in [1.807, 2.05) is 0 Å². The SMILES string of the molecule is CN(C)C(=O)N1CCOCC1CO. The van der Waals surface area contributed by atoms with E-state index in [0.717, 1.165) is 0 Å². The van der Waals surface area contributed by atoms with Gasteiger partial charge in [0.1, 0.15) is 0 Å². The Morgan fingerprint density at radius 3 is 2.92 bits per heavy atom. The molecule has 1 saturated heterocycles. The molecule has 0 spiro atoms. The van der Waals surface area contributed by atoms with Crippen LogP contribution in [0, 0.1) is 0 Å². The van der Waals surface area contributed by atoms with Crippen molar-refractivity contribution in [1.82, 2.24) is 9.80 Å². The normalized spacial score (nSPS) is 23.0. The van der Waals surface area contributed by atoms with Gasteiger partial charge < -0.3 is 19.6 Å². The molecule has 1 N–H and O–H groups in total. The van der Waals surface area contributed by atoms with Crippen LogP contribution in [-0.2, 0) is 4.74 Å². The first kappa shape index (κ1) is 10.3. The average molecular weight is 188 g/mol. The molecule has 1 fully saturated rings. The van der Waals surface area contributed by atoms with Crippen molar-refractivity contribution in [3.8, 4) is 0 Å². The summed E-state index contributed by atoms with van der Waals surface area (Å²) in [6.45, 7) is 1.49. The number of aliphatic hydroxyl groups excluding tert-OH is 1. The number of hydrogen-bond donors (Lipinski definition) is 1. The second-order valence-electron chi connectivity index (χ2n) is 3.28. The molecule has 5 heteroatoms. The lowest BCUT2D eigenvalue weighted by atomic mass is 10.2. The Kier molecular flexibility index (Phi) is 3.50. The van der Waals surface area contributed by atoms with Crippen molar-refractivity contribution < 1.29 is 14.6 Å². The highest BCUT2D eigenvalue weighted by atomic mass is 16.5. The first-order chi connectivity index (χ1) is 6.16. The molecule has 1 aliphatic heterocycles. The fourth-order valence-corrected chi connectivity index (χ4v) is 1.31. The summed E-state index contributed by atoms with van der Waals surface area (Å²) in [7, 11) is 3.40. The van der Waals surface area contributed by atoms with Crippen molar-refractivity contribution in [3.63, 3.8) is 0 Å². The summed E-state index contributed by atoms with van der Waals surface area (Å²) in [4.78, 5) is 14.7. The van der Waals surface area contributed by atoms with Gasteiger partial charge in [0.2, 0.25) is 0 Å². The lowest BCUT2D eigenvalue weighted by Crippen LogP contribution is -2.53. The third kappa shape index (κ3) is 2.32. The van der Waals surface area contributed by atoms with Crippen LogP contribution in [0.2, 0.25) is 0 Å². The highest BCUT2D eigenvalue weighted by Crippen LogP contribution is 2.08. The maximum Gasteiger partial charge on any atom is 0.319 e. The lowest BCUT2D eigenvalue weighted by Gasteiger charge is -2.35. The van der Waals surface area contributed by atoms with Crippen LogP contribution in [0.4, 0.5) is 4.79 Å². The Bertz CT molecular complexity index is 184. The van der Waals surface area contributed by atoms with E-state index in [0.29, 0.717) is 19.8 Å². The van der Waals surface area contributed by atoms with Crippen molar-refractivity contribution in [2.45, 2.75) is 6.04 Å². The fourth-order valence-electron chi connectivity index (χ4n) is 1.31. The van der Waals surface area contributed by atoms with E-state index in [-0.39, 0.29) is 18.7 Å². The monoisotopic (exact) mass is 188 g/mol. The first-order valence-electron chi connectivity index (χ1n) is 4.33. The number of carbonyl (C=O) groups excluding carboxylic acids is 1. The quantitative estimate of drug-likeness (QED) is 0.595. The number of carbonyl (C=O) groups is 1. The molecule has 1 rings (SSSR count). The summed E-state index contributed by atoms with van der Waals surface area (Å²) in [5.41, 5.74) is 0. The smallest absolute Gasteiger partial charge is 0.319 e. The molecule has 0 saturated carbocycles. The van der Waals surface area contributed by atoms with Gasteiger partial charge in [-0.05, 0) is 0 Å². The van der Waals surface area contributed by atoms with E-state index in [4.69, 9.17) is 9.84 Å². The minimum atomic E-state index is -0.191. The number of amides is 2. The standard InChI is InChI=1S/C8H16N2O3/c1-9(2)8(12)10-3-4-13-6-7(10)5-11/h7,11H,3-6H2,1-2H3. The number of rotatable bonds is 1. The van der Waals surface area contributed by atoms with Gasteiger partial charge >= 0.3 is 6.03 Å². The van der Waals surface area contributed by atoms with Gasteiger partial charge in [-0.15, -0.1) is 0 Å².